The van der Waals surface area contributed by atoms with E-state index in [0.717, 1.165) is 17.0 Å². The Kier molecular flexibility index (Phi) is 3.41. The van der Waals surface area contributed by atoms with Gasteiger partial charge in [0.15, 0.2) is 0 Å². The molecule has 0 aliphatic rings. The largest absolute Gasteiger partial charge is 0.494 e. The van der Waals surface area contributed by atoms with Gasteiger partial charge in [-0.2, -0.15) is 5.10 Å². The van der Waals surface area contributed by atoms with Crippen molar-refractivity contribution in [3.05, 3.63) is 24.3 Å². The maximum atomic E-state index is 5.97. The van der Waals surface area contributed by atoms with Gasteiger partial charge in [-0.15, -0.1) is 0 Å². The summed E-state index contributed by atoms with van der Waals surface area (Å²) in [6.07, 6.45) is 0. The minimum Gasteiger partial charge on any atom is -0.494 e. The Hall–Kier alpha value is -2.17. The molecule has 18 heavy (non-hydrogen) atoms. The summed E-state index contributed by atoms with van der Waals surface area (Å²) in [5, 5.41) is 4.40. The van der Waals surface area contributed by atoms with E-state index in [1.165, 1.54) is 0 Å². The lowest BCUT2D eigenvalue weighted by molar-refractivity contribution is 0.340. The van der Waals surface area contributed by atoms with Crippen LogP contribution in [0.1, 0.15) is 13.8 Å². The molecule has 0 saturated heterocycles. The SMILES string of the molecule is CCOc1ccc(-c2nn(CC)c(N)c2N)cc1. The van der Waals surface area contributed by atoms with Crippen molar-refractivity contribution < 1.29 is 4.74 Å². The highest BCUT2D eigenvalue weighted by molar-refractivity contribution is 5.80. The number of ether oxygens (including phenoxy) is 1. The third kappa shape index (κ3) is 2.11. The summed E-state index contributed by atoms with van der Waals surface area (Å²) < 4.78 is 7.09. The van der Waals surface area contributed by atoms with E-state index in [1.807, 2.05) is 38.1 Å². The first-order chi connectivity index (χ1) is 8.67. The maximum absolute atomic E-state index is 5.97. The molecule has 5 heteroatoms. The molecule has 0 fully saturated rings. The van der Waals surface area contributed by atoms with Crippen molar-refractivity contribution >= 4 is 11.5 Å². The zero-order chi connectivity index (χ0) is 13.1. The molecule has 0 saturated carbocycles. The predicted octanol–water partition coefficient (Wildman–Crippen LogP) is 2.13. The first kappa shape index (κ1) is 12.3. The molecule has 0 unspecified atom stereocenters. The molecule has 1 aromatic heterocycles. The molecule has 1 heterocycles. The monoisotopic (exact) mass is 246 g/mol. The molecule has 4 N–H and O–H groups in total. The van der Waals surface area contributed by atoms with Crippen LogP contribution in [0.25, 0.3) is 11.3 Å². The predicted molar refractivity (Wildman–Crippen MR) is 73.3 cm³/mol. The van der Waals surface area contributed by atoms with Gasteiger partial charge in [0.2, 0.25) is 0 Å². The van der Waals surface area contributed by atoms with E-state index in [0.29, 0.717) is 24.7 Å². The summed E-state index contributed by atoms with van der Waals surface area (Å²) in [7, 11) is 0. The van der Waals surface area contributed by atoms with Gasteiger partial charge in [0.1, 0.15) is 22.9 Å². The molecule has 2 aromatic rings. The fourth-order valence-electron chi connectivity index (χ4n) is 1.82. The van der Waals surface area contributed by atoms with Crippen LogP contribution in [-0.2, 0) is 6.54 Å². The van der Waals surface area contributed by atoms with Gasteiger partial charge in [-0.3, -0.25) is 0 Å². The maximum Gasteiger partial charge on any atom is 0.145 e. The molecule has 0 spiro atoms. The van der Waals surface area contributed by atoms with E-state index in [2.05, 4.69) is 5.10 Å². The standard InChI is InChI=1S/C13H18N4O/c1-3-17-13(15)11(14)12(16-17)9-5-7-10(8-6-9)18-4-2/h5-8H,3-4,14-15H2,1-2H3. The van der Waals surface area contributed by atoms with E-state index < -0.39 is 0 Å². The van der Waals surface area contributed by atoms with Crippen LogP contribution in [0.4, 0.5) is 11.5 Å². The number of hydrogen-bond acceptors (Lipinski definition) is 4. The van der Waals surface area contributed by atoms with Crippen molar-refractivity contribution in [3.63, 3.8) is 0 Å². The Balaban J connectivity index is 2.36. The number of benzene rings is 1. The van der Waals surface area contributed by atoms with E-state index in [-0.39, 0.29) is 0 Å². The molecule has 0 radical (unpaired) electrons. The van der Waals surface area contributed by atoms with Crippen LogP contribution in [-0.4, -0.2) is 16.4 Å². The molecule has 1 aromatic carbocycles. The van der Waals surface area contributed by atoms with E-state index >= 15 is 0 Å². The fourth-order valence-corrected chi connectivity index (χ4v) is 1.82. The van der Waals surface area contributed by atoms with Crippen LogP contribution < -0.4 is 16.2 Å². The summed E-state index contributed by atoms with van der Waals surface area (Å²) >= 11 is 0. The van der Waals surface area contributed by atoms with Crippen LogP contribution >= 0.6 is 0 Å². The molecule has 0 aliphatic carbocycles. The van der Waals surface area contributed by atoms with Crippen molar-refractivity contribution in [2.45, 2.75) is 20.4 Å². The van der Waals surface area contributed by atoms with Gasteiger partial charge >= 0.3 is 0 Å². The van der Waals surface area contributed by atoms with E-state index in [1.54, 1.807) is 4.68 Å². The summed E-state index contributed by atoms with van der Waals surface area (Å²) in [5.41, 5.74) is 14.0. The fraction of sp³-hybridized carbons (Fsp3) is 0.308. The highest BCUT2D eigenvalue weighted by atomic mass is 16.5. The number of aryl methyl sites for hydroxylation is 1. The second-order valence-corrected chi connectivity index (χ2v) is 3.92. The summed E-state index contributed by atoms with van der Waals surface area (Å²) in [5.74, 6) is 1.35. The molecule has 2 rings (SSSR count). The molecular weight excluding hydrogens is 228 g/mol. The van der Waals surface area contributed by atoms with E-state index in [9.17, 15) is 0 Å². The van der Waals surface area contributed by atoms with Gasteiger partial charge in [0.25, 0.3) is 0 Å². The average molecular weight is 246 g/mol. The topological polar surface area (TPSA) is 79.1 Å². The Morgan fingerprint density at radius 3 is 2.33 bits per heavy atom. The van der Waals surface area contributed by atoms with Gasteiger partial charge in [-0.1, -0.05) is 0 Å². The normalized spacial score (nSPS) is 10.6. The number of aromatic nitrogens is 2. The van der Waals surface area contributed by atoms with Crippen molar-refractivity contribution in [2.75, 3.05) is 18.1 Å². The zero-order valence-electron chi connectivity index (χ0n) is 10.7. The Morgan fingerprint density at radius 1 is 1.17 bits per heavy atom. The molecule has 5 nitrogen and oxygen atoms in total. The average Bonchev–Trinajstić information content (AvgIpc) is 2.68. The van der Waals surface area contributed by atoms with E-state index in [4.69, 9.17) is 16.2 Å². The van der Waals surface area contributed by atoms with Crippen LogP contribution in [0.5, 0.6) is 5.75 Å². The first-order valence-electron chi connectivity index (χ1n) is 6.02. The molecule has 96 valence electrons. The van der Waals surface area contributed by atoms with Crippen molar-refractivity contribution in [1.82, 2.24) is 9.78 Å². The number of hydrogen-bond donors (Lipinski definition) is 2. The van der Waals surface area contributed by atoms with Gasteiger partial charge in [-0.25, -0.2) is 4.68 Å². The zero-order valence-corrected chi connectivity index (χ0v) is 10.7. The minimum atomic E-state index is 0.515. The summed E-state index contributed by atoms with van der Waals surface area (Å²) in [4.78, 5) is 0. The second kappa shape index (κ2) is 5.00. The van der Waals surface area contributed by atoms with Crippen LogP contribution in [0.2, 0.25) is 0 Å². The molecule has 0 bridgehead atoms. The van der Waals surface area contributed by atoms with Gasteiger partial charge in [0.05, 0.1) is 6.61 Å². The molecular formula is C13H18N4O. The Labute approximate surface area is 106 Å². The molecule has 0 atom stereocenters. The number of nitrogen functional groups attached to an aromatic ring is 2. The summed E-state index contributed by atoms with van der Waals surface area (Å²) in [6.45, 7) is 5.28. The van der Waals surface area contributed by atoms with Gasteiger partial charge in [0, 0.05) is 12.1 Å². The Bertz CT molecular complexity index is 531. The highest BCUT2D eigenvalue weighted by Gasteiger charge is 2.13. The lowest BCUT2D eigenvalue weighted by Crippen LogP contribution is -2.02. The van der Waals surface area contributed by atoms with Crippen molar-refractivity contribution in [3.8, 4) is 17.0 Å². The van der Waals surface area contributed by atoms with Crippen molar-refractivity contribution in [1.29, 1.82) is 0 Å². The van der Waals surface area contributed by atoms with Crippen LogP contribution in [0.3, 0.4) is 0 Å². The third-order valence-corrected chi connectivity index (χ3v) is 2.77. The van der Waals surface area contributed by atoms with Gasteiger partial charge < -0.3 is 16.2 Å². The highest BCUT2D eigenvalue weighted by Crippen LogP contribution is 2.30. The molecule has 0 aliphatic heterocycles. The minimum absolute atomic E-state index is 0.515. The van der Waals surface area contributed by atoms with Crippen LogP contribution in [0.15, 0.2) is 24.3 Å². The first-order valence-corrected chi connectivity index (χ1v) is 6.02. The lowest BCUT2D eigenvalue weighted by atomic mass is 10.1. The molecule has 0 amide bonds. The quantitative estimate of drug-likeness (QED) is 0.866. The van der Waals surface area contributed by atoms with Crippen LogP contribution in [0, 0.1) is 0 Å². The second-order valence-electron chi connectivity index (χ2n) is 3.92. The number of rotatable bonds is 4. The van der Waals surface area contributed by atoms with Crippen molar-refractivity contribution in [2.24, 2.45) is 0 Å². The summed E-state index contributed by atoms with van der Waals surface area (Å²) in [6, 6.07) is 7.67. The number of nitrogens with two attached hydrogens (primary N) is 2. The van der Waals surface area contributed by atoms with Gasteiger partial charge in [-0.05, 0) is 38.1 Å². The third-order valence-electron chi connectivity index (χ3n) is 2.77. The number of nitrogens with zero attached hydrogens (tertiary/aromatic N) is 2. The Morgan fingerprint density at radius 2 is 1.83 bits per heavy atom. The number of anilines is 2. The lowest BCUT2D eigenvalue weighted by Gasteiger charge is -2.03. The smallest absolute Gasteiger partial charge is 0.145 e.